The topological polar surface area (TPSA) is 49.4 Å². The SMILES string of the molecule is CNC1CCC(N2CCSCC2S(C)(=O)=O)CC1. The molecule has 1 saturated carbocycles. The van der Waals surface area contributed by atoms with Crippen molar-refractivity contribution in [2.45, 2.75) is 43.1 Å². The van der Waals surface area contributed by atoms with Crippen LogP contribution in [0, 0.1) is 0 Å². The van der Waals surface area contributed by atoms with Crippen LogP contribution in [-0.2, 0) is 9.84 Å². The number of nitrogens with zero attached hydrogens (tertiary/aromatic N) is 1. The number of hydrogen-bond acceptors (Lipinski definition) is 5. The van der Waals surface area contributed by atoms with Crippen molar-refractivity contribution in [1.82, 2.24) is 10.2 Å². The number of nitrogens with one attached hydrogen (secondary N) is 1. The Morgan fingerprint density at radius 3 is 2.44 bits per heavy atom. The normalized spacial score (nSPS) is 35.6. The summed E-state index contributed by atoms with van der Waals surface area (Å²) in [5.41, 5.74) is 0. The van der Waals surface area contributed by atoms with Crippen LogP contribution < -0.4 is 5.32 Å². The molecule has 0 spiro atoms. The van der Waals surface area contributed by atoms with Gasteiger partial charge >= 0.3 is 0 Å². The van der Waals surface area contributed by atoms with E-state index in [1.165, 1.54) is 19.1 Å². The lowest BCUT2D eigenvalue weighted by molar-refractivity contribution is 0.141. The van der Waals surface area contributed by atoms with E-state index in [2.05, 4.69) is 10.2 Å². The lowest BCUT2D eigenvalue weighted by Gasteiger charge is -2.42. The maximum Gasteiger partial charge on any atom is 0.164 e. The second-order valence-electron chi connectivity index (χ2n) is 5.39. The van der Waals surface area contributed by atoms with Crippen molar-refractivity contribution >= 4 is 21.6 Å². The molecule has 1 N–H and O–H groups in total. The largest absolute Gasteiger partial charge is 0.317 e. The van der Waals surface area contributed by atoms with Crippen molar-refractivity contribution in [3.8, 4) is 0 Å². The van der Waals surface area contributed by atoms with Crippen molar-refractivity contribution in [2.75, 3.05) is 31.4 Å². The second kappa shape index (κ2) is 6.11. The standard InChI is InChI=1S/C12H24N2O2S2/c1-13-10-3-5-11(6-4-10)14-7-8-17-9-12(14)18(2,15)16/h10-13H,3-9H2,1-2H3. The van der Waals surface area contributed by atoms with Crippen molar-refractivity contribution < 1.29 is 8.42 Å². The first-order valence-corrected chi connectivity index (χ1v) is 9.83. The van der Waals surface area contributed by atoms with Crippen LogP contribution >= 0.6 is 11.8 Å². The van der Waals surface area contributed by atoms with Crippen LogP contribution in [0.3, 0.4) is 0 Å². The van der Waals surface area contributed by atoms with Gasteiger partial charge in [0.25, 0.3) is 0 Å². The molecule has 1 atom stereocenters. The summed E-state index contributed by atoms with van der Waals surface area (Å²) in [7, 11) is -0.938. The summed E-state index contributed by atoms with van der Waals surface area (Å²) in [6.07, 6.45) is 5.97. The zero-order valence-corrected chi connectivity index (χ0v) is 12.9. The third-order valence-corrected chi connectivity index (χ3v) is 6.85. The predicted molar refractivity (Wildman–Crippen MR) is 77.8 cm³/mol. The lowest BCUT2D eigenvalue weighted by atomic mass is 9.90. The molecule has 6 heteroatoms. The first-order chi connectivity index (χ1) is 8.52. The zero-order valence-electron chi connectivity index (χ0n) is 11.3. The Morgan fingerprint density at radius 2 is 1.89 bits per heavy atom. The minimum atomic E-state index is -2.95. The van der Waals surface area contributed by atoms with Crippen LogP contribution in [0.15, 0.2) is 0 Å². The Balaban J connectivity index is 2.02. The minimum Gasteiger partial charge on any atom is -0.317 e. The Kier molecular flexibility index (Phi) is 4.97. The van der Waals surface area contributed by atoms with E-state index in [0.29, 0.717) is 12.1 Å². The van der Waals surface area contributed by atoms with Crippen molar-refractivity contribution in [3.63, 3.8) is 0 Å². The zero-order chi connectivity index (χ0) is 13.2. The Morgan fingerprint density at radius 1 is 1.22 bits per heavy atom. The van der Waals surface area contributed by atoms with Gasteiger partial charge in [0, 0.05) is 36.4 Å². The fraction of sp³-hybridized carbons (Fsp3) is 1.00. The van der Waals surface area contributed by atoms with Crippen LogP contribution in [-0.4, -0.2) is 62.1 Å². The molecule has 2 aliphatic rings. The molecule has 1 aliphatic heterocycles. The van der Waals surface area contributed by atoms with Gasteiger partial charge < -0.3 is 5.32 Å². The molecule has 0 bridgehead atoms. The van der Waals surface area contributed by atoms with E-state index >= 15 is 0 Å². The molecule has 2 rings (SSSR count). The number of rotatable bonds is 3. The van der Waals surface area contributed by atoms with Gasteiger partial charge in [-0.15, -0.1) is 0 Å². The summed E-state index contributed by atoms with van der Waals surface area (Å²) in [5.74, 6) is 1.81. The predicted octanol–water partition coefficient (Wildman–Crippen LogP) is 0.936. The van der Waals surface area contributed by atoms with Crippen molar-refractivity contribution in [3.05, 3.63) is 0 Å². The summed E-state index contributed by atoms with van der Waals surface area (Å²) in [4.78, 5) is 2.26. The maximum absolute atomic E-state index is 11.9. The molecular formula is C12H24N2O2S2. The average Bonchev–Trinajstić information content (AvgIpc) is 2.38. The van der Waals surface area contributed by atoms with Crippen molar-refractivity contribution in [1.29, 1.82) is 0 Å². The van der Waals surface area contributed by atoms with Crippen LogP contribution in [0.5, 0.6) is 0 Å². The summed E-state index contributed by atoms with van der Waals surface area (Å²) < 4.78 is 23.8. The first-order valence-electron chi connectivity index (χ1n) is 6.72. The highest BCUT2D eigenvalue weighted by Crippen LogP contribution is 2.29. The molecule has 0 amide bonds. The first kappa shape index (κ1) is 14.6. The van der Waals surface area contributed by atoms with Crippen LogP contribution in [0.4, 0.5) is 0 Å². The second-order valence-corrected chi connectivity index (χ2v) is 8.74. The molecule has 1 unspecified atom stereocenters. The van der Waals surface area contributed by atoms with Gasteiger partial charge in [-0.2, -0.15) is 11.8 Å². The number of hydrogen-bond donors (Lipinski definition) is 1. The highest BCUT2D eigenvalue weighted by Gasteiger charge is 2.36. The van der Waals surface area contributed by atoms with Crippen LogP contribution in [0.25, 0.3) is 0 Å². The highest BCUT2D eigenvalue weighted by molar-refractivity contribution is 8.00. The van der Waals surface area contributed by atoms with Gasteiger partial charge in [-0.1, -0.05) is 0 Å². The van der Waals surface area contributed by atoms with Gasteiger partial charge in [0.1, 0.15) is 5.37 Å². The number of sulfone groups is 1. The molecule has 2 fully saturated rings. The van der Waals surface area contributed by atoms with Gasteiger partial charge in [-0.05, 0) is 32.7 Å². The fourth-order valence-corrected chi connectivity index (χ4v) is 6.02. The summed E-state index contributed by atoms with van der Waals surface area (Å²) in [5, 5.41) is 3.07. The fourth-order valence-electron chi connectivity index (χ4n) is 3.08. The molecule has 106 valence electrons. The van der Waals surface area contributed by atoms with E-state index in [9.17, 15) is 8.42 Å². The minimum absolute atomic E-state index is 0.257. The Hall–Kier alpha value is 0.220. The molecule has 1 aliphatic carbocycles. The molecule has 4 nitrogen and oxygen atoms in total. The number of thioether (sulfide) groups is 1. The van der Waals surface area contributed by atoms with Gasteiger partial charge in [0.2, 0.25) is 0 Å². The lowest BCUT2D eigenvalue weighted by Crippen LogP contribution is -2.53. The van der Waals surface area contributed by atoms with E-state index in [-0.39, 0.29) is 5.37 Å². The average molecular weight is 292 g/mol. The highest BCUT2D eigenvalue weighted by atomic mass is 32.2. The molecular weight excluding hydrogens is 268 g/mol. The Bertz CT molecular complexity index is 364. The monoisotopic (exact) mass is 292 g/mol. The molecule has 0 aromatic heterocycles. The summed E-state index contributed by atoms with van der Waals surface area (Å²) in [6.45, 7) is 0.928. The van der Waals surface area contributed by atoms with Crippen LogP contribution in [0.1, 0.15) is 25.7 Å². The quantitative estimate of drug-likeness (QED) is 0.839. The Labute approximate surface area is 115 Å². The van der Waals surface area contributed by atoms with Crippen LogP contribution in [0.2, 0.25) is 0 Å². The van der Waals surface area contributed by atoms with E-state index in [1.807, 2.05) is 7.05 Å². The summed E-state index contributed by atoms with van der Waals surface area (Å²) >= 11 is 1.77. The van der Waals surface area contributed by atoms with Crippen molar-refractivity contribution in [2.24, 2.45) is 0 Å². The molecule has 0 aromatic carbocycles. The summed E-state index contributed by atoms with van der Waals surface area (Å²) in [6, 6.07) is 1.09. The van der Waals surface area contributed by atoms with Gasteiger partial charge in [0.15, 0.2) is 9.84 Å². The smallest absolute Gasteiger partial charge is 0.164 e. The molecule has 1 saturated heterocycles. The third-order valence-electron chi connectivity index (χ3n) is 4.19. The maximum atomic E-state index is 11.9. The van der Waals surface area contributed by atoms with E-state index in [4.69, 9.17) is 0 Å². The van der Waals surface area contributed by atoms with Gasteiger partial charge in [0.05, 0.1) is 0 Å². The van der Waals surface area contributed by atoms with E-state index in [1.54, 1.807) is 11.8 Å². The van der Waals surface area contributed by atoms with E-state index < -0.39 is 9.84 Å². The van der Waals surface area contributed by atoms with Gasteiger partial charge in [-0.25, -0.2) is 8.42 Å². The molecule has 0 aromatic rings. The van der Waals surface area contributed by atoms with Gasteiger partial charge in [-0.3, -0.25) is 4.90 Å². The van der Waals surface area contributed by atoms with E-state index in [0.717, 1.165) is 30.9 Å². The molecule has 1 heterocycles. The third kappa shape index (κ3) is 3.40. The molecule has 0 radical (unpaired) electrons. The molecule has 18 heavy (non-hydrogen) atoms.